The van der Waals surface area contributed by atoms with E-state index in [1.807, 2.05) is 33.6 Å². The number of rotatable bonds is 14. The summed E-state index contributed by atoms with van der Waals surface area (Å²) < 4.78 is 14.0. The van der Waals surface area contributed by atoms with Gasteiger partial charge in [-0.3, -0.25) is 4.79 Å². The highest BCUT2D eigenvalue weighted by Gasteiger charge is 2.45. The number of carbonyl (C=O) groups is 1. The lowest BCUT2D eigenvalue weighted by Crippen LogP contribution is -2.42. The number of aromatic amines is 1. The van der Waals surface area contributed by atoms with Gasteiger partial charge in [-0.2, -0.15) is 0 Å². The number of aromatic nitrogens is 4. The number of esters is 1. The van der Waals surface area contributed by atoms with Crippen LogP contribution in [0.5, 0.6) is 5.75 Å². The van der Waals surface area contributed by atoms with Crippen LogP contribution < -0.4 is 10.9 Å². The minimum Gasteiger partial charge on any atom is -0.506 e. The Bertz CT molecular complexity index is 2300. The maximum Gasteiger partial charge on any atom is 0.349 e. The van der Waals surface area contributed by atoms with Gasteiger partial charge in [0.15, 0.2) is 0 Å². The first-order valence-electron chi connectivity index (χ1n) is 18.9. The van der Waals surface area contributed by atoms with Crippen LogP contribution in [0.25, 0.3) is 21.9 Å². The summed E-state index contributed by atoms with van der Waals surface area (Å²) in [6.07, 6.45) is 4.06. The van der Waals surface area contributed by atoms with Crippen LogP contribution in [0.15, 0.2) is 70.2 Å². The Morgan fingerprint density at radius 1 is 1.09 bits per heavy atom. The van der Waals surface area contributed by atoms with E-state index >= 15 is 0 Å². The molecule has 0 spiro atoms. The lowest BCUT2D eigenvalue weighted by Gasteiger charge is -2.35. The van der Waals surface area contributed by atoms with E-state index in [9.17, 15) is 19.8 Å². The normalized spacial score (nSPS) is 18.0. The third-order valence-corrected chi connectivity index (χ3v) is 13.2. The molecule has 2 aliphatic rings. The number of hydrogen-bond acceptors (Lipinski definition) is 12. The highest BCUT2D eigenvalue weighted by Crippen LogP contribution is 2.38. The van der Waals surface area contributed by atoms with Gasteiger partial charge in [-0.25, -0.2) is 9.48 Å². The van der Waals surface area contributed by atoms with Crippen molar-refractivity contribution in [3.8, 4) is 5.75 Å². The number of nitrogens with one attached hydrogen (secondary N) is 2. The Labute approximate surface area is 326 Å². The second-order valence-electron chi connectivity index (χ2n) is 14.8. The van der Waals surface area contributed by atoms with Crippen LogP contribution >= 0.6 is 22.7 Å². The first kappa shape index (κ1) is 37.5. The van der Waals surface area contributed by atoms with Crippen LogP contribution in [-0.2, 0) is 46.2 Å². The molecule has 5 heterocycles. The number of aryl methyl sites for hydroxylation is 1. The zero-order valence-electron chi connectivity index (χ0n) is 31.0. The highest BCUT2D eigenvalue weighted by molar-refractivity contribution is 7.12. The van der Waals surface area contributed by atoms with Crippen molar-refractivity contribution in [2.45, 2.75) is 89.0 Å². The van der Waals surface area contributed by atoms with Crippen molar-refractivity contribution in [2.75, 3.05) is 20.1 Å². The monoisotopic (exact) mass is 782 g/mol. The molecular formula is C41H46N6O6S2. The number of fused-ring (bicyclic) bond motifs is 4. The smallest absolute Gasteiger partial charge is 0.349 e. The fourth-order valence-corrected chi connectivity index (χ4v) is 9.95. The number of phenols is 1. The SMILES string of the molecule is C[C@@H](CNCc1cc2nnn(CCCN(C)[C@H]3CC[C@H](OC(=O)C(O)(c4cccs4)c4cccs4)CC3)c2c2c1COC2)c1ccc(O)c2[nH]c(=O)ccc12. The first-order valence-corrected chi connectivity index (χ1v) is 20.7. The molecule has 55 heavy (non-hydrogen) atoms. The zero-order valence-corrected chi connectivity index (χ0v) is 32.6. The van der Waals surface area contributed by atoms with Crippen LogP contribution in [0.4, 0.5) is 0 Å². The van der Waals surface area contributed by atoms with Gasteiger partial charge in [0.1, 0.15) is 17.4 Å². The number of aliphatic hydroxyl groups is 1. The average molecular weight is 783 g/mol. The summed E-state index contributed by atoms with van der Waals surface area (Å²) in [5.41, 5.74) is 4.92. The lowest BCUT2D eigenvalue weighted by molar-refractivity contribution is -0.169. The maximum absolute atomic E-state index is 13.4. The number of hydrogen-bond donors (Lipinski definition) is 4. The number of benzene rings is 2. The molecular weight excluding hydrogens is 737 g/mol. The van der Waals surface area contributed by atoms with E-state index in [1.54, 1.807) is 24.3 Å². The van der Waals surface area contributed by atoms with Crippen molar-refractivity contribution in [3.63, 3.8) is 0 Å². The van der Waals surface area contributed by atoms with Crippen molar-refractivity contribution in [3.05, 3.63) is 108 Å². The predicted molar refractivity (Wildman–Crippen MR) is 213 cm³/mol. The van der Waals surface area contributed by atoms with E-state index in [-0.39, 0.29) is 23.3 Å². The number of H-pyrrole nitrogens is 1. The fourth-order valence-electron chi connectivity index (χ4n) is 8.23. The van der Waals surface area contributed by atoms with E-state index < -0.39 is 11.6 Å². The van der Waals surface area contributed by atoms with E-state index in [1.165, 1.54) is 34.3 Å². The average Bonchev–Trinajstić information content (AvgIpc) is 4.03. The molecule has 12 nitrogen and oxygen atoms in total. The molecule has 6 aromatic rings. The van der Waals surface area contributed by atoms with Crippen LogP contribution in [0.2, 0.25) is 0 Å². The standard InChI is InChI=1S/C41H46N6O6S2/c1-25(29-12-14-34(48)38-30(29)13-15-37(49)43-38)21-42-22-26-20-33-39(32-24-52-23-31(26)32)47(45-44-33)17-5-16-46(2)27-8-10-28(11-9-27)53-40(50)41(51,35-6-3-18-54-35)36-7-4-19-55-36/h3-4,6-7,12-15,18-20,25,27-28,42,48,51H,5,8-11,16-17,21-24H2,1-2H3,(H,43,49)/t25-,27-,28-/m0/s1. The van der Waals surface area contributed by atoms with Gasteiger partial charge in [-0.05, 0) is 109 Å². The lowest BCUT2D eigenvalue weighted by atomic mass is 9.91. The minimum atomic E-state index is -1.78. The van der Waals surface area contributed by atoms with Crippen molar-refractivity contribution < 1.29 is 24.5 Å². The molecule has 1 atom stereocenters. The number of phenolic OH excluding ortho intramolecular Hbond substituents is 1. The molecule has 0 saturated heterocycles. The topological polar surface area (TPSA) is 155 Å². The Morgan fingerprint density at radius 3 is 2.56 bits per heavy atom. The molecule has 4 aromatic heterocycles. The molecule has 1 aliphatic heterocycles. The fraction of sp³-hybridized carbons (Fsp3) is 0.415. The summed E-state index contributed by atoms with van der Waals surface area (Å²) in [5, 5.41) is 39.2. The number of thiophene rings is 2. The van der Waals surface area contributed by atoms with Gasteiger partial charge in [0.25, 0.3) is 0 Å². The molecule has 8 rings (SSSR count). The van der Waals surface area contributed by atoms with Gasteiger partial charge in [0.2, 0.25) is 11.2 Å². The highest BCUT2D eigenvalue weighted by atomic mass is 32.1. The molecule has 0 bridgehead atoms. The van der Waals surface area contributed by atoms with Gasteiger partial charge in [0.05, 0.1) is 34.0 Å². The number of pyridine rings is 1. The van der Waals surface area contributed by atoms with E-state index in [0.717, 1.165) is 78.3 Å². The molecule has 288 valence electrons. The summed E-state index contributed by atoms with van der Waals surface area (Å²) in [6.45, 7) is 6.22. The number of carbonyl (C=O) groups excluding carboxylic acids is 1. The molecule has 2 aromatic carbocycles. The van der Waals surface area contributed by atoms with Crippen LogP contribution in [-0.4, -0.2) is 73.3 Å². The summed E-state index contributed by atoms with van der Waals surface area (Å²) >= 11 is 2.71. The Balaban J connectivity index is 0.842. The number of nitrogens with zero attached hydrogens (tertiary/aromatic N) is 4. The van der Waals surface area contributed by atoms with E-state index in [4.69, 9.17) is 9.47 Å². The van der Waals surface area contributed by atoms with Crippen LogP contribution in [0.3, 0.4) is 0 Å². The summed E-state index contributed by atoms with van der Waals surface area (Å²) in [6, 6.07) is 16.6. The molecule has 0 unspecified atom stereocenters. The predicted octanol–water partition coefficient (Wildman–Crippen LogP) is 6.14. The van der Waals surface area contributed by atoms with Crippen LogP contribution in [0.1, 0.15) is 77.0 Å². The molecule has 14 heteroatoms. The van der Waals surface area contributed by atoms with Gasteiger partial charge in [-0.1, -0.05) is 30.3 Å². The van der Waals surface area contributed by atoms with Crippen LogP contribution in [0, 0.1) is 0 Å². The van der Waals surface area contributed by atoms with Crippen molar-refractivity contribution in [2.24, 2.45) is 0 Å². The third kappa shape index (κ3) is 7.46. The summed E-state index contributed by atoms with van der Waals surface area (Å²) in [5.74, 6) is -0.395. The Hall–Kier alpha value is -4.44. The largest absolute Gasteiger partial charge is 0.506 e. The molecule has 0 radical (unpaired) electrons. The molecule has 1 saturated carbocycles. The molecule has 4 N–H and O–H groups in total. The number of aromatic hydroxyl groups is 1. The Kier molecular flexibility index (Phi) is 10.9. The number of ether oxygens (including phenoxy) is 2. The quantitative estimate of drug-likeness (QED) is 0.0949. The first-order chi connectivity index (χ1) is 26.7. The molecule has 0 amide bonds. The second kappa shape index (κ2) is 16.0. The summed E-state index contributed by atoms with van der Waals surface area (Å²) in [7, 11) is 2.17. The van der Waals surface area contributed by atoms with Gasteiger partial charge >= 0.3 is 5.97 Å². The van der Waals surface area contributed by atoms with E-state index in [2.05, 4.69) is 45.6 Å². The zero-order chi connectivity index (χ0) is 38.1. The van der Waals surface area contributed by atoms with E-state index in [0.29, 0.717) is 47.6 Å². The third-order valence-electron chi connectivity index (χ3n) is 11.3. The molecule has 1 aliphatic carbocycles. The Morgan fingerprint density at radius 2 is 1.84 bits per heavy atom. The van der Waals surface area contributed by atoms with Gasteiger partial charge in [0, 0.05) is 42.7 Å². The summed E-state index contributed by atoms with van der Waals surface area (Å²) in [4.78, 5) is 31.6. The van der Waals surface area contributed by atoms with Gasteiger partial charge < -0.3 is 34.9 Å². The van der Waals surface area contributed by atoms with Crippen molar-refractivity contribution >= 4 is 50.6 Å². The van der Waals surface area contributed by atoms with Gasteiger partial charge in [-0.15, -0.1) is 27.8 Å². The molecule has 1 fully saturated rings. The van der Waals surface area contributed by atoms with Crippen molar-refractivity contribution in [1.82, 2.24) is 30.2 Å². The minimum absolute atomic E-state index is 0.0656. The second-order valence-corrected chi connectivity index (χ2v) is 16.7. The maximum atomic E-state index is 13.4. The van der Waals surface area contributed by atoms with Crippen molar-refractivity contribution in [1.29, 1.82) is 0 Å².